The van der Waals surface area contributed by atoms with Gasteiger partial charge in [-0.25, -0.2) is 9.67 Å². The van der Waals surface area contributed by atoms with Crippen molar-refractivity contribution in [3.05, 3.63) is 21.1 Å². The first-order valence-corrected chi connectivity index (χ1v) is 8.47. The number of hydrogen-bond acceptors (Lipinski definition) is 7. The van der Waals surface area contributed by atoms with Crippen LogP contribution in [-0.2, 0) is 20.8 Å². The van der Waals surface area contributed by atoms with Crippen LogP contribution in [0.15, 0.2) is 4.79 Å². The van der Waals surface area contributed by atoms with Crippen molar-refractivity contribution in [2.75, 3.05) is 19.8 Å². The number of carbonyl (C=O) groups is 1. The summed E-state index contributed by atoms with van der Waals surface area (Å²) in [5, 5.41) is 5.26. The third-order valence-electron chi connectivity index (χ3n) is 3.66. The summed E-state index contributed by atoms with van der Waals surface area (Å²) in [6.07, 6.45) is 0. The van der Waals surface area contributed by atoms with Gasteiger partial charge in [-0.15, -0.1) is 11.3 Å². The monoisotopic (exact) mass is 337 g/mol. The topological polar surface area (TPSA) is 83.3 Å². The molecule has 1 saturated heterocycles. The number of hydrogen-bond donors (Lipinski definition) is 0. The number of rotatable bonds is 5. The maximum absolute atomic E-state index is 12.6. The predicted octanol–water partition coefficient (Wildman–Crippen LogP) is 1.65. The van der Waals surface area contributed by atoms with Gasteiger partial charge in [-0.2, -0.15) is 5.10 Å². The molecule has 3 rings (SSSR count). The Balaban J connectivity index is 2.09. The van der Waals surface area contributed by atoms with Crippen LogP contribution in [-0.4, -0.2) is 40.6 Å². The van der Waals surface area contributed by atoms with E-state index in [1.165, 1.54) is 16.0 Å². The second-order valence-corrected chi connectivity index (χ2v) is 6.80. The molecule has 0 unspecified atom stereocenters. The molecule has 0 saturated carbocycles. The van der Waals surface area contributed by atoms with Gasteiger partial charge in [0.15, 0.2) is 0 Å². The lowest BCUT2D eigenvalue weighted by Gasteiger charge is -2.23. The molecule has 0 bridgehead atoms. The van der Waals surface area contributed by atoms with Gasteiger partial charge in [-0.3, -0.25) is 9.59 Å². The Bertz CT molecular complexity index is 792. The van der Waals surface area contributed by atoms with Crippen LogP contribution < -0.4 is 5.56 Å². The summed E-state index contributed by atoms with van der Waals surface area (Å²) in [7, 11) is 0. The average molecular weight is 337 g/mol. The zero-order valence-corrected chi connectivity index (χ0v) is 14.2. The number of ether oxygens (including phenoxy) is 2. The van der Waals surface area contributed by atoms with Crippen LogP contribution in [0.3, 0.4) is 0 Å². The van der Waals surface area contributed by atoms with Crippen molar-refractivity contribution in [1.82, 2.24) is 14.8 Å². The highest BCUT2D eigenvalue weighted by atomic mass is 32.1. The Kier molecular flexibility index (Phi) is 4.45. The zero-order chi connectivity index (χ0) is 16.6. The van der Waals surface area contributed by atoms with Gasteiger partial charge in [0.1, 0.15) is 21.8 Å². The van der Waals surface area contributed by atoms with Gasteiger partial charge in [0.2, 0.25) is 0 Å². The molecular weight excluding hydrogens is 318 g/mol. The Morgan fingerprint density at radius 1 is 1.48 bits per heavy atom. The Morgan fingerprint density at radius 2 is 2.22 bits per heavy atom. The number of fused-ring (bicyclic) bond motifs is 1. The van der Waals surface area contributed by atoms with Crippen molar-refractivity contribution in [2.24, 2.45) is 0 Å². The highest BCUT2D eigenvalue weighted by Gasteiger charge is 2.27. The summed E-state index contributed by atoms with van der Waals surface area (Å²) in [6, 6.07) is 0. The Morgan fingerprint density at radius 3 is 2.78 bits per heavy atom. The lowest BCUT2D eigenvalue weighted by atomic mass is 10.1. The van der Waals surface area contributed by atoms with Crippen molar-refractivity contribution in [1.29, 1.82) is 0 Å². The molecule has 0 N–H and O–H groups in total. The second-order valence-electron chi connectivity index (χ2n) is 5.77. The summed E-state index contributed by atoms with van der Waals surface area (Å²) in [5.74, 6) is -0.113. The minimum atomic E-state index is -0.465. The molecule has 124 valence electrons. The third-order valence-corrected chi connectivity index (χ3v) is 4.87. The normalized spacial score (nSPS) is 15.1. The molecule has 1 aliphatic heterocycles. The quantitative estimate of drug-likeness (QED) is 0.772. The molecule has 2 aromatic rings. The van der Waals surface area contributed by atoms with E-state index in [1.807, 2.05) is 13.8 Å². The molecule has 1 aliphatic rings. The molecule has 0 aromatic carbocycles. The molecule has 0 aliphatic carbocycles. The van der Waals surface area contributed by atoms with E-state index >= 15 is 0 Å². The smallest absolute Gasteiger partial charge is 0.327 e. The lowest BCUT2D eigenvalue weighted by molar-refractivity contribution is -0.144. The van der Waals surface area contributed by atoms with E-state index in [0.29, 0.717) is 23.4 Å². The molecular formula is C15H19N3O4S. The first-order chi connectivity index (χ1) is 11.0. The van der Waals surface area contributed by atoms with Gasteiger partial charge in [-0.05, 0) is 12.8 Å². The van der Waals surface area contributed by atoms with E-state index in [-0.39, 0.29) is 30.5 Å². The molecule has 0 spiro atoms. The number of esters is 1. The molecule has 3 heterocycles. The SMILES string of the molecule is CCOC(=O)Cn1nc(C(C)C)c2nc(C3COC3)sc2c1=O. The maximum atomic E-state index is 12.6. The van der Waals surface area contributed by atoms with Crippen LogP contribution in [0.4, 0.5) is 0 Å². The number of aromatic nitrogens is 3. The number of nitrogens with zero attached hydrogens (tertiary/aromatic N) is 3. The lowest BCUT2D eigenvalue weighted by Crippen LogP contribution is -2.28. The highest BCUT2D eigenvalue weighted by molar-refractivity contribution is 7.18. The minimum absolute atomic E-state index is 0.0964. The molecule has 2 aromatic heterocycles. The van der Waals surface area contributed by atoms with Crippen LogP contribution in [0.5, 0.6) is 0 Å². The maximum Gasteiger partial charge on any atom is 0.327 e. The number of thiazole rings is 1. The molecule has 23 heavy (non-hydrogen) atoms. The minimum Gasteiger partial charge on any atom is -0.465 e. The molecule has 0 radical (unpaired) electrons. The molecule has 7 nitrogen and oxygen atoms in total. The van der Waals surface area contributed by atoms with Crippen molar-refractivity contribution in [3.63, 3.8) is 0 Å². The van der Waals surface area contributed by atoms with Crippen molar-refractivity contribution in [3.8, 4) is 0 Å². The Hall–Kier alpha value is -1.80. The van der Waals surface area contributed by atoms with Crippen LogP contribution in [0.25, 0.3) is 10.2 Å². The van der Waals surface area contributed by atoms with Crippen LogP contribution in [0.2, 0.25) is 0 Å². The van der Waals surface area contributed by atoms with E-state index in [9.17, 15) is 9.59 Å². The van der Waals surface area contributed by atoms with Crippen LogP contribution in [0, 0.1) is 0 Å². The van der Waals surface area contributed by atoms with E-state index in [2.05, 4.69) is 10.1 Å². The van der Waals surface area contributed by atoms with E-state index < -0.39 is 5.97 Å². The largest absolute Gasteiger partial charge is 0.465 e. The first-order valence-electron chi connectivity index (χ1n) is 7.66. The van der Waals surface area contributed by atoms with Crippen LogP contribution in [0.1, 0.15) is 43.3 Å². The van der Waals surface area contributed by atoms with Crippen molar-refractivity contribution >= 4 is 27.5 Å². The van der Waals surface area contributed by atoms with Gasteiger partial charge in [0, 0.05) is 0 Å². The molecule has 8 heteroatoms. The zero-order valence-electron chi connectivity index (χ0n) is 13.4. The first kappa shape index (κ1) is 16.1. The summed E-state index contributed by atoms with van der Waals surface area (Å²) in [5.41, 5.74) is 1.09. The van der Waals surface area contributed by atoms with E-state index in [1.54, 1.807) is 6.92 Å². The van der Waals surface area contributed by atoms with Crippen molar-refractivity contribution < 1.29 is 14.3 Å². The molecule has 0 amide bonds. The van der Waals surface area contributed by atoms with Gasteiger partial charge < -0.3 is 9.47 Å². The van der Waals surface area contributed by atoms with Gasteiger partial charge in [0.25, 0.3) is 5.56 Å². The standard InChI is InChI=1S/C15H19N3O4S/c1-4-22-10(19)5-18-15(20)13-12(11(17-18)8(2)3)16-14(23-13)9-6-21-7-9/h8-9H,4-7H2,1-3H3. The van der Waals surface area contributed by atoms with Gasteiger partial charge in [0.05, 0.1) is 31.4 Å². The highest BCUT2D eigenvalue weighted by Crippen LogP contribution is 2.32. The summed E-state index contributed by atoms with van der Waals surface area (Å²) >= 11 is 1.38. The summed E-state index contributed by atoms with van der Waals surface area (Å²) in [4.78, 5) is 28.9. The summed E-state index contributed by atoms with van der Waals surface area (Å²) < 4.78 is 11.9. The van der Waals surface area contributed by atoms with Crippen LogP contribution >= 0.6 is 11.3 Å². The molecule has 0 atom stereocenters. The third kappa shape index (κ3) is 3.00. The average Bonchev–Trinajstić information content (AvgIpc) is 2.84. The number of carbonyl (C=O) groups excluding carboxylic acids is 1. The van der Waals surface area contributed by atoms with E-state index in [0.717, 1.165) is 10.7 Å². The fourth-order valence-electron chi connectivity index (χ4n) is 2.37. The van der Waals surface area contributed by atoms with E-state index in [4.69, 9.17) is 9.47 Å². The predicted molar refractivity (Wildman–Crippen MR) is 86.0 cm³/mol. The fourth-order valence-corrected chi connectivity index (χ4v) is 3.46. The van der Waals surface area contributed by atoms with Crippen molar-refractivity contribution in [2.45, 2.75) is 39.2 Å². The fraction of sp³-hybridized carbons (Fsp3) is 0.600. The summed E-state index contributed by atoms with van der Waals surface area (Å²) in [6.45, 7) is 7.09. The van der Waals surface area contributed by atoms with Gasteiger partial charge >= 0.3 is 5.97 Å². The van der Waals surface area contributed by atoms with Gasteiger partial charge in [-0.1, -0.05) is 13.8 Å². The Labute approximate surface area is 137 Å². The molecule has 1 fully saturated rings. The second kappa shape index (κ2) is 6.37.